The molecule has 4 aromatic carbocycles. The number of hydrazine groups is 1. The minimum absolute atomic E-state index is 0.0157. The quantitative estimate of drug-likeness (QED) is 0.101. The van der Waals surface area contributed by atoms with Gasteiger partial charge in [-0.2, -0.15) is 0 Å². The number of amides is 1. The highest BCUT2D eigenvalue weighted by atomic mass is 35.5. The topological polar surface area (TPSA) is 102 Å². The lowest BCUT2D eigenvalue weighted by Gasteiger charge is -2.28. The van der Waals surface area contributed by atoms with Crippen molar-refractivity contribution < 1.29 is 24.2 Å². The van der Waals surface area contributed by atoms with Crippen molar-refractivity contribution in [1.29, 1.82) is 0 Å². The van der Waals surface area contributed by atoms with Gasteiger partial charge in [0.1, 0.15) is 11.5 Å². The number of fused-ring (bicyclic) bond motifs is 1. The average molecular weight is 575 g/mol. The second-order valence-electron chi connectivity index (χ2n) is 10.0. The normalized spacial score (nSPS) is 12.5. The Kier molecular flexibility index (Phi) is 10.2. The molecule has 4 aromatic rings. The molecule has 7 nitrogen and oxygen atoms in total. The maximum Gasteiger partial charge on any atom is 0.305 e. The smallest absolute Gasteiger partial charge is 0.305 e. The van der Waals surface area contributed by atoms with Crippen LogP contribution in [0.4, 0.5) is 0 Å². The molecule has 0 spiro atoms. The number of hydrogen-bond acceptors (Lipinski definition) is 5. The summed E-state index contributed by atoms with van der Waals surface area (Å²) >= 11 is 6.22. The summed E-state index contributed by atoms with van der Waals surface area (Å²) in [5.41, 5.74) is 2.59. The van der Waals surface area contributed by atoms with Gasteiger partial charge in [-0.05, 0) is 82.8 Å². The van der Waals surface area contributed by atoms with Crippen LogP contribution in [0.1, 0.15) is 59.5 Å². The van der Waals surface area contributed by atoms with Crippen LogP contribution < -0.4 is 15.3 Å². The van der Waals surface area contributed by atoms with Gasteiger partial charge in [0.2, 0.25) is 0 Å². The third-order valence-corrected chi connectivity index (χ3v) is 7.50. The number of carboxylic acid groups (broad SMARTS) is 1. The van der Waals surface area contributed by atoms with Crippen molar-refractivity contribution in [2.75, 3.05) is 20.3 Å². The first-order valence-electron chi connectivity index (χ1n) is 13.6. The number of nitrogens with two attached hydrogens (primary N) is 1. The predicted molar refractivity (Wildman–Crippen MR) is 162 cm³/mol. The number of ether oxygens (including phenoxy) is 2. The van der Waals surface area contributed by atoms with Crippen LogP contribution in [-0.4, -0.2) is 42.3 Å². The monoisotopic (exact) mass is 574 g/mol. The molecule has 2 atom stereocenters. The molecule has 2 unspecified atom stereocenters. The zero-order valence-electron chi connectivity index (χ0n) is 23.3. The molecule has 0 aliphatic carbocycles. The molecule has 0 saturated heterocycles. The van der Waals surface area contributed by atoms with Gasteiger partial charge in [-0.3, -0.25) is 14.6 Å². The summed E-state index contributed by atoms with van der Waals surface area (Å²) in [6.07, 6.45) is 1.65. The van der Waals surface area contributed by atoms with Crippen LogP contribution in [0.5, 0.6) is 11.5 Å². The SMILES string of the molecule is CCCC(c1ccc(C(=O)N(N)CCC(=O)O)cc1)C(COc1ccc2cc(OC)ccc2c1)c1ccc(Cl)cc1. The summed E-state index contributed by atoms with van der Waals surface area (Å²) in [4.78, 5) is 23.6. The molecule has 0 heterocycles. The van der Waals surface area contributed by atoms with Crippen LogP contribution in [-0.2, 0) is 4.79 Å². The van der Waals surface area contributed by atoms with Crippen molar-refractivity contribution in [2.45, 2.75) is 38.0 Å². The van der Waals surface area contributed by atoms with Gasteiger partial charge in [-0.1, -0.05) is 61.3 Å². The highest BCUT2D eigenvalue weighted by Crippen LogP contribution is 2.38. The maximum absolute atomic E-state index is 12.7. The summed E-state index contributed by atoms with van der Waals surface area (Å²) in [7, 11) is 1.66. The minimum Gasteiger partial charge on any atom is -0.497 e. The molecule has 0 aromatic heterocycles. The van der Waals surface area contributed by atoms with Crippen molar-refractivity contribution in [3.63, 3.8) is 0 Å². The van der Waals surface area contributed by atoms with E-state index in [1.54, 1.807) is 19.2 Å². The van der Waals surface area contributed by atoms with Crippen LogP contribution in [0.3, 0.4) is 0 Å². The molecule has 214 valence electrons. The first-order valence-corrected chi connectivity index (χ1v) is 14.0. The first-order chi connectivity index (χ1) is 19.8. The fourth-order valence-corrected chi connectivity index (χ4v) is 5.15. The van der Waals surface area contributed by atoms with Gasteiger partial charge in [0.25, 0.3) is 5.91 Å². The van der Waals surface area contributed by atoms with Crippen molar-refractivity contribution in [3.05, 3.63) is 107 Å². The minimum atomic E-state index is -1.01. The Labute approximate surface area is 245 Å². The van der Waals surface area contributed by atoms with Gasteiger partial charge >= 0.3 is 5.97 Å². The van der Waals surface area contributed by atoms with E-state index in [4.69, 9.17) is 32.0 Å². The number of aliphatic carboxylic acids is 1. The van der Waals surface area contributed by atoms with E-state index in [1.165, 1.54) is 0 Å². The van der Waals surface area contributed by atoms with E-state index in [0.29, 0.717) is 17.2 Å². The van der Waals surface area contributed by atoms with E-state index < -0.39 is 11.9 Å². The van der Waals surface area contributed by atoms with Gasteiger partial charge < -0.3 is 14.6 Å². The Hall–Kier alpha value is -4.07. The number of carbonyl (C=O) groups excluding carboxylic acids is 1. The Morgan fingerprint density at radius 1 is 0.878 bits per heavy atom. The second kappa shape index (κ2) is 14.0. The number of carboxylic acids is 1. The summed E-state index contributed by atoms with van der Waals surface area (Å²) in [5.74, 6) is 6.09. The van der Waals surface area contributed by atoms with E-state index in [9.17, 15) is 9.59 Å². The second-order valence-corrected chi connectivity index (χ2v) is 10.4. The van der Waals surface area contributed by atoms with Gasteiger partial charge in [0.05, 0.1) is 20.1 Å². The largest absolute Gasteiger partial charge is 0.497 e. The van der Waals surface area contributed by atoms with Crippen LogP contribution in [0.15, 0.2) is 84.9 Å². The number of carbonyl (C=O) groups is 2. The number of hydrogen-bond donors (Lipinski definition) is 2. The third-order valence-electron chi connectivity index (χ3n) is 7.25. The van der Waals surface area contributed by atoms with Crippen molar-refractivity contribution >= 4 is 34.2 Å². The van der Waals surface area contributed by atoms with Gasteiger partial charge in [-0.25, -0.2) is 5.84 Å². The van der Waals surface area contributed by atoms with Crippen molar-refractivity contribution in [1.82, 2.24) is 5.01 Å². The zero-order valence-corrected chi connectivity index (χ0v) is 24.0. The highest BCUT2D eigenvalue weighted by molar-refractivity contribution is 6.30. The number of benzene rings is 4. The molecule has 0 aliphatic rings. The van der Waals surface area contributed by atoms with Crippen LogP contribution in [0, 0.1) is 0 Å². The van der Waals surface area contributed by atoms with Crippen molar-refractivity contribution in [2.24, 2.45) is 5.84 Å². The molecule has 4 rings (SSSR count). The molecule has 41 heavy (non-hydrogen) atoms. The lowest BCUT2D eigenvalue weighted by atomic mass is 9.79. The van der Waals surface area contributed by atoms with E-state index in [0.717, 1.165) is 51.2 Å². The summed E-state index contributed by atoms with van der Waals surface area (Å²) in [5, 5.41) is 12.6. The van der Waals surface area contributed by atoms with Gasteiger partial charge in [-0.15, -0.1) is 0 Å². The molecule has 0 aliphatic heterocycles. The fraction of sp³-hybridized carbons (Fsp3) is 0.273. The molecule has 3 N–H and O–H groups in total. The first kappa shape index (κ1) is 29.9. The van der Waals surface area contributed by atoms with E-state index in [2.05, 4.69) is 6.92 Å². The Morgan fingerprint density at radius 2 is 1.46 bits per heavy atom. The molecule has 0 saturated carbocycles. The Morgan fingerprint density at radius 3 is 2.07 bits per heavy atom. The molecule has 0 fully saturated rings. The van der Waals surface area contributed by atoms with E-state index in [1.807, 2.05) is 72.8 Å². The van der Waals surface area contributed by atoms with Gasteiger partial charge in [0, 0.05) is 23.0 Å². The molecule has 8 heteroatoms. The third kappa shape index (κ3) is 7.78. The number of methoxy groups -OCH3 is 1. The van der Waals surface area contributed by atoms with Crippen LogP contribution >= 0.6 is 11.6 Å². The molecule has 0 radical (unpaired) electrons. The summed E-state index contributed by atoms with van der Waals surface area (Å²) in [6, 6.07) is 27.2. The summed E-state index contributed by atoms with van der Waals surface area (Å²) < 4.78 is 11.8. The lowest BCUT2D eigenvalue weighted by Crippen LogP contribution is -2.38. The summed E-state index contributed by atoms with van der Waals surface area (Å²) in [6.45, 7) is 2.53. The van der Waals surface area contributed by atoms with Crippen LogP contribution in [0.2, 0.25) is 5.02 Å². The molecular formula is C33H35ClN2O5. The van der Waals surface area contributed by atoms with E-state index >= 15 is 0 Å². The predicted octanol–water partition coefficient (Wildman–Crippen LogP) is 7.04. The highest BCUT2D eigenvalue weighted by Gasteiger charge is 2.26. The van der Waals surface area contributed by atoms with Crippen molar-refractivity contribution in [3.8, 4) is 11.5 Å². The van der Waals surface area contributed by atoms with Crippen LogP contribution in [0.25, 0.3) is 10.8 Å². The van der Waals surface area contributed by atoms with E-state index in [-0.39, 0.29) is 24.8 Å². The Bertz CT molecular complexity index is 1470. The zero-order chi connectivity index (χ0) is 29.4. The number of rotatable bonds is 13. The Balaban J connectivity index is 1.59. The number of nitrogens with zero attached hydrogens (tertiary/aromatic N) is 1. The average Bonchev–Trinajstić information content (AvgIpc) is 2.99. The fourth-order valence-electron chi connectivity index (χ4n) is 5.03. The molecule has 0 bridgehead atoms. The standard InChI is InChI=1S/C33H35ClN2O5/c1-3-4-30(22-5-7-24(8-6-22)33(39)36(35)18-17-32(37)38)31(23-9-13-27(34)14-10-23)21-41-29-16-12-25-19-28(40-2)15-11-26(25)20-29/h5-16,19-20,30-31H,3-4,17-18,21,35H2,1-2H3,(H,37,38). The lowest BCUT2D eigenvalue weighted by molar-refractivity contribution is -0.137. The number of halogens is 1. The van der Waals surface area contributed by atoms with Gasteiger partial charge in [0.15, 0.2) is 0 Å². The molecule has 1 amide bonds. The molecular weight excluding hydrogens is 540 g/mol. The maximum atomic E-state index is 12.7.